The van der Waals surface area contributed by atoms with Crippen molar-refractivity contribution in [2.45, 2.75) is 12.8 Å². The van der Waals surface area contributed by atoms with E-state index in [2.05, 4.69) is 10.6 Å². The third-order valence-corrected chi connectivity index (χ3v) is 3.06. The summed E-state index contributed by atoms with van der Waals surface area (Å²) in [6, 6.07) is 5.44. The average Bonchev–Trinajstić information content (AvgIpc) is 2.70. The molecule has 5 heteroatoms. The molecule has 3 amide bonds. The number of benzene rings is 1. The number of hydrogen-bond donors (Lipinski definition) is 2. The van der Waals surface area contributed by atoms with Crippen molar-refractivity contribution in [1.82, 2.24) is 10.6 Å². The maximum absolute atomic E-state index is 11.8. The summed E-state index contributed by atoms with van der Waals surface area (Å²) in [7, 11) is 3.43. The summed E-state index contributed by atoms with van der Waals surface area (Å²) in [5, 5.41) is 5.57. The van der Waals surface area contributed by atoms with Crippen LogP contribution in [0.2, 0.25) is 0 Å². The van der Waals surface area contributed by atoms with Gasteiger partial charge in [-0.2, -0.15) is 0 Å². The van der Waals surface area contributed by atoms with E-state index < -0.39 is 0 Å². The van der Waals surface area contributed by atoms with Gasteiger partial charge in [0.25, 0.3) is 0 Å². The fraction of sp³-hybridized carbons (Fsp3) is 0.385. The lowest BCUT2D eigenvalue weighted by Gasteiger charge is -2.14. The van der Waals surface area contributed by atoms with E-state index in [4.69, 9.17) is 0 Å². The first-order valence-electron chi connectivity index (χ1n) is 5.98. The van der Waals surface area contributed by atoms with E-state index in [1.54, 1.807) is 0 Å². The van der Waals surface area contributed by atoms with Gasteiger partial charge in [0.15, 0.2) is 0 Å². The van der Waals surface area contributed by atoms with E-state index in [1.165, 1.54) is 17.5 Å². The molecule has 0 unspecified atom stereocenters. The number of nitrogens with zero attached hydrogens (tertiary/aromatic N) is 1. The summed E-state index contributed by atoms with van der Waals surface area (Å²) >= 11 is 0. The second-order valence-corrected chi connectivity index (χ2v) is 4.28. The van der Waals surface area contributed by atoms with Crippen LogP contribution in [0.15, 0.2) is 18.2 Å². The summed E-state index contributed by atoms with van der Waals surface area (Å²) in [5.74, 6) is -0.171. The van der Waals surface area contributed by atoms with E-state index in [9.17, 15) is 9.59 Å². The fourth-order valence-corrected chi connectivity index (χ4v) is 2.13. The Morgan fingerprint density at radius 2 is 2.17 bits per heavy atom. The normalized spacial score (nSPS) is 13.7. The van der Waals surface area contributed by atoms with Crippen LogP contribution in [0.25, 0.3) is 0 Å². The van der Waals surface area contributed by atoms with Crippen LogP contribution in [-0.2, 0) is 17.6 Å². The molecule has 0 atom stereocenters. The molecule has 5 nitrogen and oxygen atoms in total. The lowest BCUT2D eigenvalue weighted by molar-refractivity contribution is -0.116. The van der Waals surface area contributed by atoms with Gasteiger partial charge >= 0.3 is 6.03 Å². The summed E-state index contributed by atoms with van der Waals surface area (Å²) in [6.07, 6.45) is 1.22. The standard InChI is InChI=1S/C13H17N3O2/c1-14-6-5-9-3-4-11-10(7-9)8-12(17)16(11)13(18)15-2/h3-4,7,14H,5-6,8H2,1-2H3,(H,15,18). The first kappa shape index (κ1) is 12.6. The van der Waals surface area contributed by atoms with Gasteiger partial charge in [0.2, 0.25) is 5.91 Å². The number of rotatable bonds is 3. The van der Waals surface area contributed by atoms with Crippen LogP contribution in [-0.4, -0.2) is 32.6 Å². The molecule has 1 heterocycles. The Kier molecular flexibility index (Phi) is 3.62. The lowest BCUT2D eigenvalue weighted by atomic mass is 10.1. The number of carbonyl (C=O) groups is 2. The predicted octanol–water partition coefficient (Wildman–Crippen LogP) is 0.677. The van der Waals surface area contributed by atoms with Crippen molar-refractivity contribution in [2.24, 2.45) is 0 Å². The van der Waals surface area contributed by atoms with Gasteiger partial charge in [-0.25, -0.2) is 9.69 Å². The van der Waals surface area contributed by atoms with E-state index >= 15 is 0 Å². The molecule has 18 heavy (non-hydrogen) atoms. The van der Waals surface area contributed by atoms with E-state index in [0.29, 0.717) is 12.1 Å². The zero-order valence-electron chi connectivity index (χ0n) is 10.6. The van der Waals surface area contributed by atoms with Crippen molar-refractivity contribution in [3.05, 3.63) is 29.3 Å². The first-order valence-corrected chi connectivity index (χ1v) is 5.98. The molecule has 96 valence electrons. The molecule has 0 aliphatic carbocycles. The van der Waals surface area contributed by atoms with Crippen molar-refractivity contribution < 1.29 is 9.59 Å². The molecule has 0 saturated heterocycles. The van der Waals surface area contributed by atoms with Gasteiger partial charge < -0.3 is 10.6 Å². The topological polar surface area (TPSA) is 61.4 Å². The SMILES string of the molecule is CNCCc1ccc2c(c1)CC(=O)N2C(=O)NC. The zero-order valence-corrected chi connectivity index (χ0v) is 10.6. The Balaban J connectivity index is 2.26. The minimum absolute atomic E-state index is 0.171. The number of fused-ring (bicyclic) bond motifs is 1. The highest BCUT2D eigenvalue weighted by atomic mass is 16.2. The van der Waals surface area contributed by atoms with Crippen molar-refractivity contribution >= 4 is 17.6 Å². The van der Waals surface area contributed by atoms with Crippen LogP contribution >= 0.6 is 0 Å². The molecule has 0 radical (unpaired) electrons. The minimum atomic E-state index is -0.373. The second kappa shape index (κ2) is 5.18. The summed E-state index contributed by atoms with van der Waals surface area (Å²) in [6.45, 7) is 0.895. The molecule has 1 aliphatic heterocycles. The second-order valence-electron chi connectivity index (χ2n) is 4.28. The van der Waals surface area contributed by atoms with Crippen molar-refractivity contribution in [3.63, 3.8) is 0 Å². The van der Waals surface area contributed by atoms with Crippen LogP contribution in [0.4, 0.5) is 10.5 Å². The first-order chi connectivity index (χ1) is 8.67. The number of anilines is 1. The number of nitrogens with one attached hydrogen (secondary N) is 2. The number of hydrogen-bond acceptors (Lipinski definition) is 3. The van der Waals surface area contributed by atoms with Gasteiger partial charge in [-0.05, 0) is 37.2 Å². The smallest absolute Gasteiger partial charge is 0.328 e. The highest BCUT2D eigenvalue weighted by Crippen LogP contribution is 2.29. The highest BCUT2D eigenvalue weighted by molar-refractivity contribution is 6.18. The van der Waals surface area contributed by atoms with Crippen molar-refractivity contribution in [3.8, 4) is 0 Å². The van der Waals surface area contributed by atoms with E-state index in [0.717, 1.165) is 18.5 Å². The molecular weight excluding hydrogens is 230 g/mol. The summed E-state index contributed by atoms with van der Waals surface area (Å²) in [4.78, 5) is 24.6. The number of imide groups is 1. The van der Waals surface area contributed by atoms with Crippen LogP contribution in [0.3, 0.4) is 0 Å². The van der Waals surface area contributed by atoms with E-state index in [-0.39, 0.29) is 11.9 Å². The Bertz CT molecular complexity index is 485. The van der Waals surface area contributed by atoms with Gasteiger partial charge in [0, 0.05) is 7.05 Å². The highest BCUT2D eigenvalue weighted by Gasteiger charge is 2.31. The number of likely N-dealkylation sites (N-methyl/N-ethyl adjacent to an activating group) is 1. The van der Waals surface area contributed by atoms with Gasteiger partial charge in [-0.15, -0.1) is 0 Å². The quantitative estimate of drug-likeness (QED) is 0.825. The monoisotopic (exact) mass is 247 g/mol. The predicted molar refractivity (Wildman–Crippen MR) is 69.7 cm³/mol. The van der Waals surface area contributed by atoms with Crippen molar-refractivity contribution in [2.75, 3.05) is 25.5 Å². The van der Waals surface area contributed by atoms with Gasteiger partial charge in [-0.1, -0.05) is 12.1 Å². The molecule has 0 saturated carbocycles. The molecular formula is C13H17N3O2. The van der Waals surface area contributed by atoms with Gasteiger partial charge in [0.1, 0.15) is 0 Å². The summed E-state index contributed by atoms with van der Waals surface area (Å²) < 4.78 is 0. The van der Waals surface area contributed by atoms with Gasteiger partial charge in [-0.3, -0.25) is 4.79 Å². The van der Waals surface area contributed by atoms with Crippen LogP contribution < -0.4 is 15.5 Å². The molecule has 0 aromatic heterocycles. The molecule has 1 aromatic rings. The molecule has 0 fully saturated rings. The number of carbonyl (C=O) groups excluding carboxylic acids is 2. The van der Waals surface area contributed by atoms with Crippen LogP contribution in [0, 0.1) is 0 Å². The maximum atomic E-state index is 11.8. The molecule has 1 aromatic carbocycles. The molecule has 1 aliphatic rings. The van der Waals surface area contributed by atoms with E-state index in [1.807, 2.05) is 25.2 Å². The Morgan fingerprint density at radius 3 is 2.83 bits per heavy atom. The fourth-order valence-electron chi connectivity index (χ4n) is 2.13. The largest absolute Gasteiger partial charge is 0.340 e. The molecule has 2 rings (SSSR count). The van der Waals surface area contributed by atoms with Crippen LogP contribution in [0.5, 0.6) is 0 Å². The van der Waals surface area contributed by atoms with Crippen LogP contribution in [0.1, 0.15) is 11.1 Å². The Morgan fingerprint density at radius 1 is 1.39 bits per heavy atom. The zero-order chi connectivity index (χ0) is 13.1. The number of amides is 3. The molecule has 0 bridgehead atoms. The lowest BCUT2D eigenvalue weighted by Crippen LogP contribution is -2.40. The average molecular weight is 247 g/mol. The molecule has 0 spiro atoms. The Hall–Kier alpha value is -1.88. The Labute approximate surface area is 106 Å². The molecule has 2 N–H and O–H groups in total. The maximum Gasteiger partial charge on any atom is 0.328 e. The third-order valence-electron chi connectivity index (χ3n) is 3.06. The summed E-state index contributed by atoms with van der Waals surface area (Å²) in [5.41, 5.74) is 2.81. The van der Waals surface area contributed by atoms with Gasteiger partial charge in [0.05, 0.1) is 12.1 Å². The minimum Gasteiger partial charge on any atom is -0.340 e. The number of urea groups is 1. The third kappa shape index (κ3) is 2.22. The van der Waals surface area contributed by atoms with Crippen molar-refractivity contribution in [1.29, 1.82) is 0 Å².